The lowest BCUT2D eigenvalue weighted by atomic mass is 10.0. The van der Waals surface area contributed by atoms with Crippen LogP contribution in [0.4, 0.5) is 0 Å². The third kappa shape index (κ3) is 5.31. The van der Waals surface area contributed by atoms with Crippen molar-refractivity contribution in [1.82, 2.24) is 10.6 Å². The number of aliphatic hydroxyl groups is 1. The Hall–Kier alpha value is -1.59. The topological polar surface area (TPSA) is 78.4 Å². The maximum Gasteiger partial charge on any atom is 0.251 e. The molecular weight excluding hydrogens is 304 g/mol. The summed E-state index contributed by atoms with van der Waals surface area (Å²) in [4.78, 5) is 24.5. The first kappa shape index (κ1) is 18.5. The summed E-state index contributed by atoms with van der Waals surface area (Å²) in [5.41, 5.74) is 0.442. The van der Waals surface area contributed by atoms with Gasteiger partial charge in [-0.3, -0.25) is 9.59 Å². The van der Waals surface area contributed by atoms with Crippen LogP contribution in [0, 0.1) is 5.92 Å². The van der Waals surface area contributed by atoms with E-state index in [2.05, 4.69) is 10.6 Å². The SMILES string of the molecule is CCC(CO)NC(=O)C(NC(=O)c1ccc(Cl)cc1)C(C)C. The molecule has 0 saturated heterocycles. The molecule has 122 valence electrons. The summed E-state index contributed by atoms with van der Waals surface area (Å²) in [6.45, 7) is 5.45. The highest BCUT2D eigenvalue weighted by Gasteiger charge is 2.26. The second-order valence-electron chi connectivity index (χ2n) is 5.50. The fourth-order valence-electron chi connectivity index (χ4n) is 1.93. The molecule has 1 aromatic carbocycles. The van der Waals surface area contributed by atoms with Gasteiger partial charge in [-0.15, -0.1) is 0 Å². The van der Waals surface area contributed by atoms with Crippen molar-refractivity contribution in [3.05, 3.63) is 34.9 Å². The molecule has 0 radical (unpaired) electrons. The summed E-state index contributed by atoms with van der Waals surface area (Å²) < 4.78 is 0. The van der Waals surface area contributed by atoms with Crippen molar-refractivity contribution in [2.45, 2.75) is 39.3 Å². The van der Waals surface area contributed by atoms with Gasteiger partial charge in [0.25, 0.3) is 5.91 Å². The van der Waals surface area contributed by atoms with Crippen LogP contribution in [0.2, 0.25) is 5.02 Å². The Morgan fingerprint density at radius 2 is 1.77 bits per heavy atom. The van der Waals surface area contributed by atoms with Crippen molar-refractivity contribution in [2.75, 3.05) is 6.61 Å². The number of hydrogen-bond donors (Lipinski definition) is 3. The lowest BCUT2D eigenvalue weighted by Crippen LogP contribution is -2.52. The van der Waals surface area contributed by atoms with E-state index >= 15 is 0 Å². The summed E-state index contributed by atoms with van der Waals surface area (Å²) in [6, 6.07) is 5.50. The lowest BCUT2D eigenvalue weighted by Gasteiger charge is -2.24. The van der Waals surface area contributed by atoms with Crippen molar-refractivity contribution in [2.24, 2.45) is 5.92 Å². The van der Waals surface area contributed by atoms with E-state index in [4.69, 9.17) is 16.7 Å². The number of halogens is 1. The molecule has 0 heterocycles. The van der Waals surface area contributed by atoms with Crippen LogP contribution in [0.25, 0.3) is 0 Å². The Kier molecular flexibility index (Phi) is 7.35. The number of rotatable bonds is 7. The van der Waals surface area contributed by atoms with Gasteiger partial charge in [-0.1, -0.05) is 32.4 Å². The van der Waals surface area contributed by atoms with Gasteiger partial charge in [0.2, 0.25) is 5.91 Å². The largest absolute Gasteiger partial charge is 0.394 e. The summed E-state index contributed by atoms with van der Waals surface area (Å²) >= 11 is 5.79. The Bertz CT molecular complexity index is 499. The van der Waals surface area contributed by atoms with Crippen LogP contribution in [0.3, 0.4) is 0 Å². The summed E-state index contributed by atoms with van der Waals surface area (Å²) in [5, 5.41) is 15.2. The minimum atomic E-state index is -0.663. The number of carbonyl (C=O) groups excluding carboxylic acids is 2. The fourth-order valence-corrected chi connectivity index (χ4v) is 2.05. The molecule has 6 heteroatoms. The van der Waals surface area contributed by atoms with Crippen molar-refractivity contribution in [3.8, 4) is 0 Å². The number of benzene rings is 1. The second kappa shape index (κ2) is 8.76. The maximum atomic E-state index is 12.3. The molecule has 2 atom stereocenters. The first-order valence-corrected chi connectivity index (χ1v) is 7.74. The first-order chi connectivity index (χ1) is 10.4. The van der Waals surface area contributed by atoms with E-state index < -0.39 is 6.04 Å². The van der Waals surface area contributed by atoms with E-state index in [9.17, 15) is 9.59 Å². The molecule has 0 aliphatic carbocycles. The van der Waals surface area contributed by atoms with Crippen LogP contribution >= 0.6 is 11.6 Å². The Morgan fingerprint density at radius 1 is 1.18 bits per heavy atom. The highest BCUT2D eigenvalue weighted by atomic mass is 35.5. The van der Waals surface area contributed by atoms with E-state index in [1.54, 1.807) is 24.3 Å². The standard InChI is InChI=1S/C16H23ClN2O3/c1-4-13(9-20)18-16(22)14(10(2)3)19-15(21)11-5-7-12(17)8-6-11/h5-8,10,13-14,20H,4,9H2,1-3H3,(H,18,22)(H,19,21). The van der Waals surface area contributed by atoms with Crippen LogP contribution in [0.15, 0.2) is 24.3 Å². The molecule has 0 aromatic heterocycles. The normalized spacial score (nSPS) is 13.5. The van der Waals surface area contributed by atoms with Gasteiger partial charge in [0.05, 0.1) is 12.6 Å². The number of aliphatic hydroxyl groups excluding tert-OH is 1. The van der Waals surface area contributed by atoms with E-state index in [-0.39, 0.29) is 30.4 Å². The number of nitrogens with one attached hydrogen (secondary N) is 2. The maximum absolute atomic E-state index is 12.3. The van der Waals surface area contributed by atoms with Gasteiger partial charge in [0.15, 0.2) is 0 Å². The van der Waals surface area contributed by atoms with Gasteiger partial charge in [-0.2, -0.15) is 0 Å². The molecule has 5 nitrogen and oxygen atoms in total. The zero-order valence-electron chi connectivity index (χ0n) is 13.1. The molecule has 2 amide bonds. The molecule has 0 spiro atoms. The smallest absolute Gasteiger partial charge is 0.251 e. The summed E-state index contributed by atoms with van der Waals surface area (Å²) in [6.07, 6.45) is 0.623. The van der Waals surface area contributed by atoms with Crippen molar-refractivity contribution in [1.29, 1.82) is 0 Å². The molecule has 0 aliphatic heterocycles. The average Bonchev–Trinajstić information content (AvgIpc) is 2.50. The van der Waals surface area contributed by atoms with E-state index in [0.29, 0.717) is 17.0 Å². The van der Waals surface area contributed by atoms with E-state index in [1.165, 1.54) is 0 Å². The predicted octanol–water partition coefficient (Wildman–Crippen LogP) is 1.98. The van der Waals surface area contributed by atoms with E-state index in [0.717, 1.165) is 0 Å². The molecule has 22 heavy (non-hydrogen) atoms. The predicted molar refractivity (Wildman–Crippen MR) is 86.9 cm³/mol. The molecule has 0 bridgehead atoms. The van der Waals surface area contributed by atoms with Crippen LogP contribution in [-0.2, 0) is 4.79 Å². The van der Waals surface area contributed by atoms with E-state index in [1.807, 2.05) is 20.8 Å². The third-order valence-corrected chi connectivity index (χ3v) is 3.65. The Morgan fingerprint density at radius 3 is 2.23 bits per heavy atom. The third-order valence-electron chi connectivity index (χ3n) is 3.40. The molecular formula is C16H23ClN2O3. The van der Waals surface area contributed by atoms with Crippen LogP contribution < -0.4 is 10.6 Å². The zero-order chi connectivity index (χ0) is 16.7. The first-order valence-electron chi connectivity index (χ1n) is 7.36. The summed E-state index contributed by atoms with van der Waals surface area (Å²) in [7, 11) is 0. The minimum Gasteiger partial charge on any atom is -0.394 e. The molecule has 2 unspecified atom stereocenters. The molecule has 0 fully saturated rings. The zero-order valence-corrected chi connectivity index (χ0v) is 13.9. The Balaban J connectivity index is 2.77. The lowest BCUT2D eigenvalue weighted by molar-refractivity contribution is -0.125. The van der Waals surface area contributed by atoms with Gasteiger partial charge < -0.3 is 15.7 Å². The number of carbonyl (C=O) groups is 2. The van der Waals surface area contributed by atoms with Gasteiger partial charge in [-0.05, 0) is 36.6 Å². The van der Waals surface area contributed by atoms with Crippen LogP contribution in [0.5, 0.6) is 0 Å². The van der Waals surface area contributed by atoms with Gasteiger partial charge in [0, 0.05) is 10.6 Å². The molecule has 1 aromatic rings. The quantitative estimate of drug-likeness (QED) is 0.717. The molecule has 3 N–H and O–H groups in total. The summed E-state index contributed by atoms with van der Waals surface area (Å²) in [5.74, 6) is -0.701. The monoisotopic (exact) mass is 326 g/mol. The highest BCUT2D eigenvalue weighted by molar-refractivity contribution is 6.30. The van der Waals surface area contributed by atoms with Gasteiger partial charge in [-0.25, -0.2) is 0 Å². The molecule has 1 rings (SSSR count). The highest BCUT2D eigenvalue weighted by Crippen LogP contribution is 2.11. The van der Waals surface area contributed by atoms with Crippen LogP contribution in [0.1, 0.15) is 37.6 Å². The van der Waals surface area contributed by atoms with Crippen molar-refractivity contribution < 1.29 is 14.7 Å². The van der Waals surface area contributed by atoms with Gasteiger partial charge in [0.1, 0.15) is 6.04 Å². The Labute approximate surface area is 136 Å². The van der Waals surface area contributed by atoms with Crippen LogP contribution in [-0.4, -0.2) is 35.6 Å². The number of amides is 2. The minimum absolute atomic E-state index is 0.0764. The van der Waals surface area contributed by atoms with Crippen molar-refractivity contribution >= 4 is 23.4 Å². The second-order valence-corrected chi connectivity index (χ2v) is 5.93. The average molecular weight is 327 g/mol. The molecule has 0 aliphatic rings. The fraction of sp³-hybridized carbons (Fsp3) is 0.500. The molecule has 0 saturated carbocycles. The van der Waals surface area contributed by atoms with Crippen molar-refractivity contribution in [3.63, 3.8) is 0 Å². The van der Waals surface area contributed by atoms with Gasteiger partial charge >= 0.3 is 0 Å². The number of hydrogen-bond acceptors (Lipinski definition) is 3.